The summed E-state index contributed by atoms with van der Waals surface area (Å²) in [5.41, 5.74) is -1.49. The molecule has 0 spiro atoms. The maximum atomic E-state index is 11.8. The molecule has 1 aromatic rings. The average Bonchev–Trinajstić information content (AvgIpc) is 2.27. The third-order valence-corrected chi connectivity index (χ3v) is 3.78. The van der Waals surface area contributed by atoms with Crippen molar-refractivity contribution < 1.29 is 18.6 Å². The summed E-state index contributed by atoms with van der Waals surface area (Å²) in [6.07, 6.45) is 2.66. The Bertz CT molecular complexity index is 490. The van der Waals surface area contributed by atoms with Crippen molar-refractivity contribution in [2.45, 2.75) is 17.4 Å². The van der Waals surface area contributed by atoms with Crippen LogP contribution >= 0.6 is 15.9 Å². The lowest BCUT2D eigenvalue weighted by Crippen LogP contribution is -2.43. The van der Waals surface area contributed by atoms with Gasteiger partial charge in [0.15, 0.2) is 0 Å². The Balaban J connectivity index is 2.83. The molecule has 1 aromatic heterocycles. The molecular weight excluding hydrogens is 312 g/mol. The van der Waals surface area contributed by atoms with Crippen molar-refractivity contribution in [1.29, 1.82) is 0 Å². The number of aliphatic hydroxyl groups is 2. The Hall–Kier alpha value is -0.540. The van der Waals surface area contributed by atoms with E-state index in [-0.39, 0.29) is 11.4 Å². The van der Waals surface area contributed by atoms with E-state index >= 15 is 0 Å². The Morgan fingerprint density at radius 3 is 2.71 bits per heavy atom. The van der Waals surface area contributed by atoms with Crippen LogP contribution in [0.25, 0.3) is 0 Å². The molecule has 0 radical (unpaired) electrons. The maximum Gasteiger partial charge on any atom is 0.242 e. The smallest absolute Gasteiger partial charge is 0.242 e. The fraction of sp³-hybridized carbons (Fsp3) is 0.444. The summed E-state index contributed by atoms with van der Waals surface area (Å²) in [5, 5.41) is 18.3. The van der Waals surface area contributed by atoms with Gasteiger partial charge in [-0.1, -0.05) is 0 Å². The van der Waals surface area contributed by atoms with Crippen LogP contribution in [0.15, 0.2) is 27.8 Å². The molecule has 0 amide bonds. The monoisotopic (exact) mass is 324 g/mol. The number of aromatic nitrogens is 1. The Morgan fingerprint density at radius 1 is 1.53 bits per heavy atom. The second kappa shape index (κ2) is 5.40. The number of sulfonamides is 1. The fourth-order valence-electron chi connectivity index (χ4n) is 0.929. The topological polar surface area (TPSA) is 99.5 Å². The lowest BCUT2D eigenvalue weighted by atomic mass is 10.1. The summed E-state index contributed by atoms with van der Waals surface area (Å²) in [6.45, 7) is 0.513. The average molecular weight is 325 g/mol. The van der Waals surface area contributed by atoms with Gasteiger partial charge in [0, 0.05) is 23.4 Å². The number of halogens is 1. The van der Waals surface area contributed by atoms with Crippen LogP contribution in [0, 0.1) is 0 Å². The van der Waals surface area contributed by atoms with Crippen molar-refractivity contribution in [3.8, 4) is 0 Å². The first-order valence-electron chi connectivity index (χ1n) is 4.70. The minimum Gasteiger partial charge on any atom is -0.393 e. The van der Waals surface area contributed by atoms with Crippen molar-refractivity contribution in [3.05, 3.63) is 22.9 Å². The van der Waals surface area contributed by atoms with Crippen LogP contribution in [0.3, 0.4) is 0 Å². The van der Waals surface area contributed by atoms with Crippen molar-refractivity contribution in [3.63, 3.8) is 0 Å². The number of rotatable bonds is 5. The minimum absolute atomic E-state index is 0.0133. The standard InChI is InChI=1S/C9H13BrN2O4S/c1-9(14,6-13)5-12-17(15,16)8-2-7(10)3-11-4-8/h2-4,12-14H,5-6H2,1H3. The molecule has 1 rings (SSSR count). The van der Waals surface area contributed by atoms with Crippen LogP contribution in [0.4, 0.5) is 0 Å². The van der Waals surface area contributed by atoms with Gasteiger partial charge in [-0.25, -0.2) is 13.1 Å². The second-order valence-electron chi connectivity index (χ2n) is 3.82. The maximum absolute atomic E-state index is 11.8. The van der Waals surface area contributed by atoms with Crippen LogP contribution < -0.4 is 4.72 Å². The molecular formula is C9H13BrN2O4S. The van der Waals surface area contributed by atoms with Gasteiger partial charge in [0.1, 0.15) is 4.90 Å². The SMILES string of the molecule is CC(O)(CO)CNS(=O)(=O)c1cncc(Br)c1. The van der Waals surface area contributed by atoms with Gasteiger partial charge in [0.05, 0.1) is 12.2 Å². The van der Waals surface area contributed by atoms with Gasteiger partial charge < -0.3 is 10.2 Å². The summed E-state index contributed by atoms with van der Waals surface area (Å²) in [6, 6.07) is 1.39. The molecule has 3 N–H and O–H groups in total. The molecule has 6 nitrogen and oxygen atoms in total. The van der Waals surface area contributed by atoms with E-state index in [0.29, 0.717) is 4.47 Å². The highest BCUT2D eigenvalue weighted by molar-refractivity contribution is 9.10. The van der Waals surface area contributed by atoms with Gasteiger partial charge in [0.2, 0.25) is 10.0 Å². The summed E-state index contributed by atoms with van der Waals surface area (Å²) < 4.78 is 26.3. The van der Waals surface area contributed by atoms with Gasteiger partial charge in [-0.2, -0.15) is 0 Å². The van der Waals surface area contributed by atoms with Crippen molar-refractivity contribution >= 4 is 26.0 Å². The Kier molecular flexibility index (Phi) is 4.62. The zero-order valence-corrected chi connectivity index (χ0v) is 11.5. The molecule has 96 valence electrons. The predicted molar refractivity (Wildman–Crippen MR) is 64.8 cm³/mol. The van der Waals surface area contributed by atoms with Crippen molar-refractivity contribution in [2.75, 3.05) is 13.2 Å². The molecule has 0 fully saturated rings. The van der Waals surface area contributed by atoms with E-state index in [1.165, 1.54) is 25.4 Å². The van der Waals surface area contributed by atoms with Gasteiger partial charge in [-0.3, -0.25) is 4.98 Å². The highest BCUT2D eigenvalue weighted by Gasteiger charge is 2.23. The van der Waals surface area contributed by atoms with E-state index in [2.05, 4.69) is 25.6 Å². The summed E-state index contributed by atoms with van der Waals surface area (Å²) >= 11 is 3.11. The van der Waals surface area contributed by atoms with Gasteiger partial charge >= 0.3 is 0 Å². The van der Waals surface area contributed by atoms with Crippen molar-refractivity contribution in [2.24, 2.45) is 0 Å². The summed E-state index contributed by atoms with van der Waals surface area (Å²) in [5.74, 6) is 0. The van der Waals surface area contributed by atoms with Crippen LogP contribution in [0.1, 0.15) is 6.92 Å². The van der Waals surface area contributed by atoms with Crippen LogP contribution in [0.2, 0.25) is 0 Å². The second-order valence-corrected chi connectivity index (χ2v) is 6.50. The molecule has 0 aliphatic rings. The van der Waals surface area contributed by atoms with E-state index in [1.54, 1.807) is 0 Å². The van der Waals surface area contributed by atoms with Crippen LogP contribution in [0.5, 0.6) is 0 Å². The quantitative estimate of drug-likeness (QED) is 0.700. The lowest BCUT2D eigenvalue weighted by Gasteiger charge is -2.20. The Morgan fingerprint density at radius 2 is 2.18 bits per heavy atom. The molecule has 1 atom stereocenters. The Labute approximate surface area is 108 Å². The third kappa shape index (κ3) is 4.32. The van der Waals surface area contributed by atoms with Crippen LogP contribution in [-0.4, -0.2) is 42.4 Å². The molecule has 1 unspecified atom stereocenters. The van der Waals surface area contributed by atoms with E-state index < -0.39 is 22.2 Å². The fourth-order valence-corrected chi connectivity index (χ4v) is 2.59. The van der Waals surface area contributed by atoms with Gasteiger partial charge in [-0.15, -0.1) is 0 Å². The third-order valence-electron chi connectivity index (χ3n) is 1.97. The van der Waals surface area contributed by atoms with Crippen LogP contribution in [-0.2, 0) is 10.0 Å². The number of nitrogens with one attached hydrogen (secondary N) is 1. The van der Waals surface area contributed by atoms with E-state index in [4.69, 9.17) is 5.11 Å². The largest absolute Gasteiger partial charge is 0.393 e. The lowest BCUT2D eigenvalue weighted by molar-refractivity contribution is 0.00681. The summed E-state index contributed by atoms with van der Waals surface area (Å²) in [4.78, 5) is 3.72. The molecule has 0 aromatic carbocycles. The zero-order valence-electron chi connectivity index (χ0n) is 9.09. The molecule has 0 bridgehead atoms. The molecule has 1 heterocycles. The summed E-state index contributed by atoms with van der Waals surface area (Å²) in [7, 11) is -3.74. The number of aliphatic hydroxyl groups excluding tert-OH is 1. The first-order valence-corrected chi connectivity index (χ1v) is 6.98. The highest BCUT2D eigenvalue weighted by Crippen LogP contribution is 2.14. The van der Waals surface area contributed by atoms with Gasteiger partial charge in [0.25, 0.3) is 0 Å². The molecule has 0 saturated carbocycles. The first-order chi connectivity index (χ1) is 7.77. The van der Waals surface area contributed by atoms with Crippen molar-refractivity contribution in [1.82, 2.24) is 9.71 Å². The molecule has 0 aliphatic heterocycles. The molecule has 0 aliphatic carbocycles. The van der Waals surface area contributed by atoms with E-state index in [9.17, 15) is 13.5 Å². The number of nitrogens with zero attached hydrogens (tertiary/aromatic N) is 1. The normalized spacial score (nSPS) is 15.5. The van der Waals surface area contributed by atoms with E-state index in [1.807, 2.05) is 0 Å². The molecule has 0 saturated heterocycles. The van der Waals surface area contributed by atoms with Gasteiger partial charge in [-0.05, 0) is 28.9 Å². The van der Waals surface area contributed by atoms with E-state index in [0.717, 1.165) is 0 Å². The number of hydrogen-bond acceptors (Lipinski definition) is 5. The highest BCUT2D eigenvalue weighted by atomic mass is 79.9. The molecule has 17 heavy (non-hydrogen) atoms. The number of pyridine rings is 1. The minimum atomic E-state index is -3.74. The first kappa shape index (κ1) is 14.5. The molecule has 8 heteroatoms. The predicted octanol–water partition coefficient (Wildman–Crippen LogP) is -0.134. The number of hydrogen-bond donors (Lipinski definition) is 3. The zero-order chi connectivity index (χ0) is 13.1.